The lowest BCUT2D eigenvalue weighted by Crippen LogP contribution is -2.30. The highest BCUT2D eigenvalue weighted by atomic mass is 16.3. The van der Waals surface area contributed by atoms with Crippen LogP contribution in [0.3, 0.4) is 0 Å². The summed E-state index contributed by atoms with van der Waals surface area (Å²) in [5, 5.41) is 17.1. The topological polar surface area (TPSA) is 81.0 Å². The van der Waals surface area contributed by atoms with Crippen molar-refractivity contribution in [1.82, 2.24) is 4.98 Å². The minimum Gasteiger partial charge on any atom is -0.455 e. The molecule has 9 aromatic heterocycles. The zero-order valence-corrected chi connectivity index (χ0v) is 61.7. The third kappa shape index (κ3) is 11.8. The van der Waals surface area contributed by atoms with Crippen molar-refractivity contribution in [3.8, 4) is 56.2 Å². The number of aromatic nitrogens is 5. The molecule has 0 atom stereocenters. The molecule has 0 bridgehead atoms. The number of fused-ring (bicyclic) bond motifs is 20. The number of aryl methyl sites for hydroxylation is 10. The van der Waals surface area contributed by atoms with Crippen molar-refractivity contribution in [2.45, 2.75) is 41.5 Å². The van der Waals surface area contributed by atoms with Crippen LogP contribution in [0, 0.1) is 41.5 Å². The molecule has 0 spiro atoms. The number of furan rings is 4. The molecule has 9 heteroatoms. The fourth-order valence-electron chi connectivity index (χ4n) is 15.9. The van der Waals surface area contributed by atoms with Crippen LogP contribution in [0.4, 0.5) is 0 Å². The van der Waals surface area contributed by atoms with Crippen LogP contribution in [-0.4, -0.2) is 4.98 Å². The van der Waals surface area contributed by atoms with Gasteiger partial charge < -0.3 is 17.7 Å². The molecule has 21 rings (SSSR count). The Morgan fingerprint density at radius 1 is 0.269 bits per heavy atom. The van der Waals surface area contributed by atoms with Crippen molar-refractivity contribution in [3.05, 3.63) is 331 Å². The standard InChI is InChI=1S/C29H22NO.2C24H20NO.C22H17N2O/c1-19-8-6-7-11-23(19)27-17-28-26(18-30(27)2)25-15-13-22-16-21(20-9-4-3-5-10-20)12-14-24(22)29(25)31-28;2*1-15-8-10-18(16(2)12-15)22-13-23-21(14-25(22)3)20-11-9-17-6-4-5-7-19(17)24(20)26-23;1-14-6-3-4-8-16(14)19-12-20-18(13-24(19)2)17-10-9-15-7-5-11-23-21(15)22(17)25-20/h3-18H,1-2H3;2*4-14H,1-3H3;3-13H,1-2H3/q4*+1/i;1D3;;. The maximum Gasteiger partial charge on any atom is 0.216 e. The van der Waals surface area contributed by atoms with Crippen LogP contribution in [0.1, 0.15) is 37.5 Å². The minimum atomic E-state index is -2.10. The quantitative estimate of drug-likeness (QED) is 0.160. The van der Waals surface area contributed by atoms with E-state index in [0.717, 1.165) is 143 Å². The number of pyridine rings is 5. The summed E-state index contributed by atoms with van der Waals surface area (Å²) in [6.07, 6.45) is 10.4. The highest BCUT2D eigenvalue weighted by Crippen LogP contribution is 2.41. The van der Waals surface area contributed by atoms with Crippen LogP contribution in [0.5, 0.6) is 0 Å². The maximum absolute atomic E-state index is 7.64. The first-order valence-electron chi connectivity index (χ1n) is 38.1. The molecule has 12 aromatic carbocycles. The number of hydrogen-bond acceptors (Lipinski definition) is 5. The Morgan fingerprint density at radius 2 is 0.639 bits per heavy atom. The molecule has 520 valence electrons. The summed E-state index contributed by atoms with van der Waals surface area (Å²) in [6, 6.07) is 92.3. The van der Waals surface area contributed by atoms with Crippen molar-refractivity contribution < 1.29 is 40.0 Å². The van der Waals surface area contributed by atoms with Crippen molar-refractivity contribution >= 4 is 131 Å². The van der Waals surface area contributed by atoms with E-state index in [9.17, 15) is 0 Å². The molecule has 0 unspecified atom stereocenters. The van der Waals surface area contributed by atoms with E-state index in [1.807, 2.05) is 56.6 Å². The largest absolute Gasteiger partial charge is 0.455 e. The number of nitrogens with zero attached hydrogens (tertiary/aromatic N) is 5. The molecule has 0 amide bonds. The van der Waals surface area contributed by atoms with Crippen LogP contribution in [0.25, 0.3) is 187 Å². The lowest BCUT2D eigenvalue weighted by Gasteiger charge is -2.05. The Kier molecular flexibility index (Phi) is 15.8. The van der Waals surface area contributed by atoms with Crippen LogP contribution in [0.15, 0.2) is 316 Å². The van der Waals surface area contributed by atoms with Gasteiger partial charge in [-0.05, 0) is 158 Å². The van der Waals surface area contributed by atoms with Gasteiger partial charge in [0, 0.05) is 75.7 Å². The first-order valence-corrected chi connectivity index (χ1v) is 36.6. The zero-order valence-electron chi connectivity index (χ0n) is 64.7. The summed E-state index contributed by atoms with van der Waals surface area (Å²) >= 11 is 0. The van der Waals surface area contributed by atoms with Crippen LogP contribution >= 0.6 is 0 Å². The Balaban J connectivity index is 0.000000104. The van der Waals surface area contributed by atoms with E-state index in [0.29, 0.717) is 5.56 Å². The van der Waals surface area contributed by atoms with E-state index in [4.69, 9.17) is 21.8 Å². The molecule has 0 aliphatic heterocycles. The van der Waals surface area contributed by atoms with Gasteiger partial charge in [0.15, 0.2) is 30.4 Å². The van der Waals surface area contributed by atoms with Crippen molar-refractivity contribution in [2.75, 3.05) is 0 Å². The second-order valence-corrected chi connectivity index (χ2v) is 28.7. The van der Waals surface area contributed by atoms with Crippen LogP contribution < -0.4 is 18.3 Å². The molecule has 9 heterocycles. The highest BCUT2D eigenvalue weighted by molar-refractivity contribution is 6.18. The van der Waals surface area contributed by atoms with Crippen LogP contribution in [0.2, 0.25) is 0 Å². The molecule has 21 aromatic rings. The van der Waals surface area contributed by atoms with Gasteiger partial charge in [-0.3, -0.25) is 4.98 Å². The number of hydrogen-bond donors (Lipinski definition) is 0. The molecule has 0 N–H and O–H groups in total. The molecular formula is C99H79N5O4+4. The number of rotatable bonds is 5. The molecule has 9 nitrogen and oxygen atoms in total. The summed E-state index contributed by atoms with van der Waals surface area (Å²) in [7, 11) is 8.30. The molecule has 0 aliphatic carbocycles. The second kappa shape index (κ2) is 27.0. The second-order valence-electron chi connectivity index (χ2n) is 28.7. The van der Waals surface area contributed by atoms with E-state index in [1.54, 1.807) is 12.1 Å². The lowest BCUT2D eigenvalue weighted by atomic mass is 10.00. The van der Waals surface area contributed by atoms with E-state index in [2.05, 4.69) is 315 Å². The Hall–Kier alpha value is -13.4. The van der Waals surface area contributed by atoms with E-state index >= 15 is 0 Å². The fourth-order valence-corrected chi connectivity index (χ4v) is 15.9. The fraction of sp³-hybridized carbons (Fsp3) is 0.101. The predicted molar refractivity (Wildman–Crippen MR) is 443 cm³/mol. The lowest BCUT2D eigenvalue weighted by molar-refractivity contribution is -0.659. The number of benzene rings is 12. The van der Waals surface area contributed by atoms with Gasteiger partial charge in [0.2, 0.25) is 22.8 Å². The van der Waals surface area contributed by atoms with Gasteiger partial charge in [-0.2, -0.15) is 0 Å². The monoisotopic (exact) mass is 1400 g/mol. The van der Waals surface area contributed by atoms with Crippen molar-refractivity contribution in [2.24, 2.45) is 28.2 Å². The molecule has 0 fully saturated rings. The smallest absolute Gasteiger partial charge is 0.216 e. The van der Waals surface area contributed by atoms with Crippen LogP contribution in [-0.2, 0) is 28.2 Å². The zero-order chi connectivity index (χ0) is 76.1. The molecule has 0 saturated heterocycles. The molecular weight excluding hydrogens is 1320 g/mol. The first kappa shape index (κ1) is 63.1. The normalized spacial score (nSPS) is 12.1. The van der Waals surface area contributed by atoms with Gasteiger partial charge in [0.1, 0.15) is 72.8 Å². The summed E-state index contributed by atoms with van der Waals surface area (Å²) in [5.41, 5.74) is 26.1. The summed E-state index contributed by atoms with van der Waals surface area (Å²) in [4.78, 5) is 4.52. The SMILES string of the molecule is Cc1ccc(-c2cc3oc4c5ccccc5ccc4c3c[n+]2C)c(C)c1.Cc1ccccc1-c1cc2oc3c(ccc4cccnc43)c2c[n+]1C.Cc1ccccc1-c1cc2oc3c4ccc(-c5ccccc5)cc4ccc3c2c[n+]1C.[2H]C([2H])([2H])c1ccc(-c2cc3oc4c5ccccc5ccc4c3c[n+]2C)c(C)c1. The molecule has 0 radical (unpaired) electrons. The van der Waals surface area contributed by atoms with E-state index in [1.165, 1.54) is 71.9 Å². The van der Waals surface area contributed by atoms with Gasteiger partial charge in [-0.15, -0.1) is 0 Å². The predicted octanol–water partition coefficient (Wildman–Crippen LogP) is 23.8. The molecule has 0 saturated carbocycles. The maximum atomic E-state index is 7.64. The van der Waals surface area contributed by atoms with E-state index in [-0.39, 0.29) is 0 Å². The average Bonchev–Trinajstić information content (AvgIpc) is 1.63. The van der Waals surface area contributed by atoms with Gasteiger partial charge in [0.25, 0.3) is 0 Å². The summed E-state index contributed by atoms with van der Waals surface area (Å²) in [6.45, 7) is 8.42. The first-order chi connectivity index (χ1) is 53.8. The van der Waals surface area contributed by atoms with E-state index < -0.39 is 6.85 Å². The average molecular weight is 1410 g/mol. The third-order valence-electron chi connectivity index (χ3n) is 21.5. The Bertz CT molecular complexity index is 7330. The minimum absolute atomic E-state index is 0.359. The molecule has 0 aliphatic rings. The van der Waals surface area contributed by atoms with Gasteiger partial charge in [0.05, 0.1) is 45.8 Å². The van der Waals surface area contributed by atoms with Crippen molar-refractivity contribution in [1.29, 1.82) is 0 Å². The van der Waals surface area contributed by atoms with Crippen molar-refractivity contribution in [3.63, 3.8) is 0 Å². The Morgan fingerprint density at radius 3 is 1.11 bits per heavy atom. The third-order valence-corrected chi connectivity index (χ3v) is 21.5. The highest BCUT2D eigenvalue weighted by Gasteiger charge is 2.25. The summed E-state index contributed by atoms with van der Waals surface area (Å²) in [5.74, 6) is 0. The van der Waals surface area contributed by atoms with Gasteiger partial charge in [-0.25, -0.2) is 18.3 Å². The molecule has 108 heavy (non-hydrogen) atoms. The van der Waals surface area contributed by atoms with Gasteiger partial charge >= 0.3 is 0 Å². The Labute approximate surface area is 629 Å². The van der Waals surface area contributed by atoms with Gasteiger partial charge in [-0.1, -0.05) is 187 Å². The summed E-state index contributed by atoms with van der Waals surface area (Å²) < 4.78 is 56.9.